The third-order valence-electron chi connectivity index (χ3n) is 3.30. The van der Waals surface area contributed by atoms with Crippen LogP contribution in [0.5, 0.6) is 0 Å². The van der Waals surface area contributed by atoms with E-state index in [1.807, 2.05) is 12.3 Å². The molecular formula is C14H13N. The van der Waals surface area contributed by atoms with Crippen molar-refractivity contribution in [3.8, 4) is 0 Å². The Bertz CT molecular complexity index is 561. The lowest BCUT2D eigenvalue weighted by atomic mass is 9.90. The van der Waals surface area contributed by atoms with Crippen molar-refractivity contribution in [1.29, 1.82) is 0 Å². The summed E-state index contributed by atoms with van der Waals surface area (Å²) in [7, 11) is 0. The van der Waals surface area contributed by atoms with Gasteiger partial charge in [0.05, 0.1) is 5.52 Å². The highest BCUT2D eigenvalue weighted by Gasteiger charge is 2.31. The second-order valence-corrected chi connectivity index (χ2v) is 4.42. The predicted molar refractivity (Wildman–Crippen MR) is 63.0 cm³/mol. The maximum atomic E-state index is 4.37. The Morgan fingerprint density at radius 3 is 2.67 bits per heavy atom. The molecule has 1 aliphatic carbocycles. The lowest BCUT2D eigenvalue weighted by molar-refractivity contribution is 0.863. The van der Waals surface area contributed by atoms with E-state index in [1.54, 1.807) is 0 Å². The van der Waals surface area contributed by atoms with Gasteiger partial charge in [-0.25, -0.2) is 0 Å². The van der Waals surface area contributed by atoms with E-state index in [0.29, 0.717) is 0 Å². The van der Waals surface area contributed by atoms with Crippen molar-refractivity contribution in [2.75, 3.05) is 0 Å². The van der Waals surface area contributed by atoms with Gasteiger partial charge in [-0.1, -0.05) is 24.3 Å². The average molecular weight is 195 g/mol. The van der Waals surface area contributed by atoms with Crippen LogP contribution in [-0.2, 0) is 5.41 Å². The zero-order valence-corrected chi connectivity index (χ0v) is 8.99. The summed E-state index contributed by atoms with van der Waals surface area (Å²) in [6.45, 7) is 4.43. The van der Waals surface area contributed by atoms with Crippen molar-refractivity contribution < 1.29 is 0 Å². The fraction of sp³-hybridized carbons (Fsp3) is 0.214. The molecule has 0 N–H and O–H groups in total. The summed E-state index contributed by atoms with van der Waals surface area (Å²) in [6, 6.07) is 8.46. The van der Waals surface area contributed by atoms with Crippen molar-refractivity contribution in [3.63, 3.8) is 0 Å². The molecule has 3 rings (SSSR count). The number of aryl methyl sites for hydroxylation is 1. The highest BCUT2D eigenvalue weighted by atomic mass is 14.6. The Morgan fingerprint density at radius 1 is 1.13 bits per heavy atom. The van der Waals surface area contributed by atoms with Crippen LogP contribution in [0.3, 0.4) is 0 Å². The van der Waals surface area contributed by atoms with Crippen molar-refractivity contribution in [2.24, 2.45) is 0 Å². The van der Waals surface area contributed by atoms with Gasteiger partial charge in [0.15, 0.2) is 0 Å². The minimum Gasteiger partial charge on any atom is -0.256 e. The van der Waals surface area contributed by atoms with Crippen molar-refractivity contribution >= 4 is 10.9 Å². The molecule has 0 amide bonds. The number of benzene rings is 1. The number of allylic oxidation sites excluding steroid dienone is 2. The number of hydrogen-bond acceptors (Lipinski definition) is 1. The summed E-state index contributed by atoms with van der Waals surface area (Å²) >= 11 is 0. The molecular weight excluding hydrogens is 182 g/mol. The zero-order valence-electron chi connectivity index (χ0n) is 8.99. The van der Waals surface area contributed by atoms with Crippen LogP contribution in [0.1, 0.15) is 18.1 Å². The monoisotopic (exact) mass is 195 g/mol. The van der Waals surface area contributed by atoms with Gasteiger partial charge in [-0.15, -0.1) is 0 Å². The molecule has 1 aromatic carbocycles. The standard InChI is InChI=1S/C14H13N/c1-10-11-4-3-9-15-13(11)6-5-12(10)14(2)7-8-14/h3-9H,1-2H3. The molecule has 1 heterocycles. The van der Waals surface area contributed by atoms with Crippen LogP contribution in [0.25, 0.3) is 10.9 Å². The minimum absolute atomic E-state index is 0.202. The van der Waals surface area contributed by atoms with E-state index in [1.165, 1.54) is 16.5 Å². The van der Waals surface area contributed by atoms with Gasteiger partial charge in [0.1, 0.15) is 0 Å². The molecule has 0 radical (unpaired) electrons. The van der Waals surface area contributed by atoms with Crippen LogP contribution >= 0.6 is 0 Å². The fourth-order valence-electron chi connectivity index (χ4n) is 2.19. The van der Waals surface area contributed by atoms with Gasteiger partial charge in [-0.05, 0) is 37.1 Å². The van der Waals surface area contributed by atoms with Crippen LogP contribution in [0, 0.1) is 6.92 Å². The summed E-state index contributed by atoms with van der Waals surface area (Å²) in [5.74, 6) is 0. The largest absolute Gasteiger partial charge is 0.256 e. The topological polar surface area (TPSA) is 12.9 Å². The van der Waals surface area contributed by atoms with Gasteiger partial charge in [0.25, 0.3) is 0 Å². The van der Waals surface area contributed by atoms with Gasteiger partial charge in [-0.3, -0.25) is 4.98 Å². The molecule has 0 unspecified atom stereocenters. The van der Waals surface area contributed by atoms with Crippen LogP contribution in [-0.4, -0.2) is 4.98 Å². The van der Waals surface area contributed by atoms with E-state index in [0.717, 1.165) is 5.52 Å². The smallest absolute Gasteiger partial charge is 0.0704 e. The van der Waals surface area contributed by atoms with Gasteiger partial charge in [-0.2, -0.15) is 0 Å². The van der Waals surface area contributed by atoms with Crippen LogP contribution in [0.15, 0.2) is 42.6 Å². The molecule has 0 saturated heterocycles. The maximum absolute atomic E-state index is 4.37. The van der Waals surface area contributed by atoms with E-state index in [-0.39, 0.29) is 5.41 Å². The highest BCUT2D eigenvalue weighted by molar-refractivity contribution is 5.84. The first kappa shape index (κ1) is 8.66. The molecule has 15 heavy (non-hydrogen) atoms. The summed E-state index contributed by atoms with van der Waals surface area (Å²) in [5.41, 5.74) is 4.05. The second-order valence-electron chi connectivity index (χ2n) is 4.42. The van der Waals surface area contributed by atoms with E-state index in [9.17, 15) is 0 Å². The molecule has 0 spiro atoms. The third-order valence-corrected chi connectivity index (χ3v) is 3.30. The Hall–Kier alpha value is -1.63. The first-order valence-corrected chi connectivity index (χ1v) is 5.26. The highest BCUT2D eigenvalue weighted by Crippen LogP contribution is 2.40. The third kappa shape index (κ3) is 1.19. The summed E-state index contributed by atoms with van der Waals surface area (Å²) < 4.78 is 0. The molecule has 1 heteroatoms. The lowest BCUT2D eigenvalue weighted by Gasteiger charge is -2.14. The number of nitrogens with zero attached hydrogens (tertiary/aromatic N) is 1. The van der Waals surface area contributed by atoms with Gasteiger partial charge < -0.3 is 0 Å². The molecule has 0 aliphatic heterocycles. The molecule has 2 aromatic rings. The molecule has 74 valence electrons. The van der Waals surface area contributed by atoms with E-state index in [4.69, 9.17) is 0 Å². The number of pyridine rings is 1. The Morgan fingerprint density at radius 2 is 1.93 bits per heavy atom. The Kier molecular flexibility index (Phi) is 1.55. The molecule has 1 aromatic heterocycles. The molecule has 0 saturated carbocycles. The molecule has 0 fully saturated rings. The Balaban J connectivity index is 2.30. The number of hydrogen-bond donors (Lipinski definition) is 0. The Labute approximate surface area is 89.5 Å². The van der Waals surface area contributed by atoms with Crippen LogP contribution in [0.2, 0.25) is 0 Å². The maximum Gasteiger partial charge on any atom is 0.0704 e. The van der Waals surface area contributed by atoms with Gasteiger partial charge in [0.2, 0.25) is 0 Å². The van der Waals surface area contributed by atoms with Crippen molar-refractivity contribution in [3.05, 3.63) is 53.7 Å². The summed E-state index contributed by atoms with van der Waals surface area (Å²) in [6.07, 6.45) is 6.34. The fourth-order valence-corrected chi connectivity index (χ4v) is 2.19. The predicted octanol–water partition coefficient (Wildman–Crippen LogP) is 3.37. The average Bonchev–Trinajstić information content (AvgIpc) is 2.98. The van der Waals surface area contributed by atoms with Crippen LogP contribution < -0.4 is 0 Å². The summed E-state index contributed by atoms with van der Waals surface area (Å²) in [5, 5.41) is 1.27. The number of fused-ring (bicyclic) bond motifs is 1. The quantitative estimate of drug-likeness (QED) is 0.636. The second kappa shape index (κ2) is 2.69. The zero-order chi connectivity index (χ0) is 10.5. The molecule has 1 nitrogen and oxygen atoms in total. The molecule has 0 atom stereocenters. The normalized spacial score (nSPS) is 16.9. The molecule has 0 bridgehead atoms. The van der Waals surface area contributed by atoms with E-state index >= 15 is 0 Å². The van der Waals surface area contributed by atoms with Gasteiger partial charge >= 0.3 is 0 Å². The number of aromatic nitrogens is 1. The van der Waals surface area contributed by atoms with E-state index < -0.39 is 0 Å². The first-order chi connectivity index (χ1) is 7.21. The van der Waals surface area contributed by atoms with Gasteiger partial charge in [0, 0.05) is 17.0 Å². The number of rotatable bonds is 1. The van der Waals surface area contributed by atoms with Crippen molar-refractivity contribution in [1.82, 2.24) is 4.98 Å². The van der Waals surface area contributed by atoms with Crippen molar-refractivity contribution in [2.45, 2.75) is 19.3 Å². The molecule has 1 aliphatic rings. The van der Waals surface area contributed by atoms with E-state index in [2.05, 4.69) is 49.2 Å². The minimum atomic E-state index is 0.202. The summed E-state index contributed by atoms with van der Waals surface area (Å²) in [4.78, 5) is 4.37. The first-order valence-electron chi connectivity index (χ1n) is 5.26. The lowest BCUT2D eigenvalue weighted by Crippen LogP contribution is -2.05. The SMILES string of the molecule is Cc1c(C2(C)C=C2)ccc2ncccc12. The van der Waals surface area contributed by atoms with Crippen LogP contribution in [0.4, 0.5) is 0 Å².